The van der Waals surface area contributed by atoms with Crippen LogP contribution in [-0.4, -0.2) is 22.3 Å². The van der Waals surface area contributed by atoms with E-state index in [0.29, 0.717) is 9.86 Å². The Hall–Kier alpha value is -0.830. The molecule has 0 aliphatic carbocycles. The normalized spacial score (nSPS) is 9.88. The monoisotopic (exact) mass is 397 g/mol. The van der Waals surface area contributed by atoms with E-state index in [9.17, 15) is 19.7 Å². The lowest BCUT2D eigenvalue weighted by molar-refractivity contribution is -0.385. The van der Waals surface area contributed by atoms with Crippen molar-refractivity contribution in [2.24, 2.45) is 0 Å². The van der Waals surface area contributed by atoms with Gasteiger partial charge in [-0.25, -0.2) is 0 Å². The number of benzene rings is 1. The van der Waals surface area contributed by atoms with Crippen LogP contribution in [0.15, 0.2) is 12.1 Å². The van der Waals surface area contributed by atoms with Gasteiger partial charge in [0, 0.05) is 26.8 Å². The number of non-ortho nitro benzene ring substituents is 1. The SMILES string of the molecule is O=Cc1c(I)cc([N+](=O)[O-])cc1C(=O)CBr. The minimum absolute atomic E-state index is 0.0189. The molecule has 1 aromatic rings. The second kappa shape index (κ2) is 5.48. The molecule has 0 spiro atoms. The van der Waals surface area contributed by atoms with E-state index in [1.165, 1.54) is 6.07 Å². The Labute approximate surface area is 113 Å². The number of rotatable bonds is 4. The topological polar surface area (TPSA) is 77.3 Å². The summed E-state index contributed by atoms with van der Waals surface area (Å²) in [6.45, 7) is 0. The van der Waals surface area contributed by atoms with Crippen LogP contribution >= 0.6 is 38.5 Å². The summed E-state index contributed by atoms with van der Waals surface area (Å²) in [6, 6.07) is 2.38. The number of nitro groups is 1. The summed E-state index contributed by atoms with van der Waals surface area (Å²) >= 11 is 4.75. The number of Topliss-reactive ketones (excluding diaryl/α,β-unsaturated/α-hetero) is 1. The predicted molar refractivity (Wildman–Crippen MR) is 69.3 cm³/mol. The summed E-state index contributed by atoms with van der Waals surface area (Å²) in [4.78, 5) is 32.3. The van der Waals surface area contributed by atoms with Crippen LogP contribution in [0.2, 0.25) is 0 Å². The lowest BCUT2D eigenvalue weighted by atomic mass is 10.0. The molecule has 1 rings (SSSR count). The predicted octanol–water partition coefficient (Wildman–Crippen LogP) is 2.59. The number of carbonyl (C=O) groups is 2. The molecule has 0 saturated carbocycles. The van der Waals surface area contributed by atoms with Crippen LogP contribution in [0.3, 0.4) is 0 Å². The lowest BCUT2D eigenvalue weighted by Gasteiger charge is -2.04. The fourth-order valence-corrected chi connectivity index (χ4v) is 2.17. The van der Waals surface area contributed by atoms with Crippen molar-refractivity contribution in [1.29, 1.82) is 0 Å². The summed E-state index contributed by atoms with van der Waals surface area (Å²) < 4.78 is 0.395. The van der Waals surface area contributed by atoms with Crippen molar-refractivity contribution in [3.05, 3.63) is 36.9 Å². The second-order valence-electron chi connectivity index (χ2n) is 2.82. The molecule has 1 aromatic carbocycles. The van der Waals surface area contributed by atoms with Crippen LogP contribution in [-0.2, 0) is 0 Å². The van der Waals surface area contributed by atoms with Crippen molar-refractivity contribution in [3.8, 4) is 0 Å². The van der Waals surface area contributed by atoms with Gasteiger partial charge in [-0.05, 0) is 22.6 Å². The Morgan fingerprint density at radius 3 is 2.62 bits per heavy atom. The maximum Gasteiger partial charge on any atom is 0.271 e. The number of nitrogens with zero attached hydrogens (tertiary/aromatic N) is 1. The zero-order valence-corrected chi connectivity index (χ0v) is 11.5. The number of halogens is 2. The Morgan fingerprint density at radius 1 is 1.56 bits per heavy atom. The Morgan fingerprint density at radius 2 is 2.19 bits per heavy atom. The van der Waals surface area contributed by atoms with Crippen LogP contribution in [0.5, 0.6) is 0 Å². The molecular formula is C9H5BrINO4. The number of carbonyl (C=O) groups excluding carboxylic acids is 2. The van der Waals surface area contributed by atoms with Crippen LogP contribution in [0.25, 0.3) is 0 Å². The standard InChI is InChI=1S/C9H5BrINO4/c10-3-9(14)6-1-5(12(15)16)2-8(11)7(6)4-13/h1-2,4H,3H2. The van der Waals surface area contributed by atoms with E-state index in [1.54, 1.807) is 22.6 Å². The highest BCUT2D eigenvalue weighted by molar-refractivity contribution is 14.1. The highest BCUT2D eigenvalue weighted by atomic mass is 127. The fourth-order valence-electron chi connectivity index (χ4n) is 1.13. The summed E-state index contributed by atoms with van der Waals surface area (Å²) in [5.74, 6) is -0.358. The van der Waals surface area contributed by atoms with E-state index in [1.807, 2.05) is 0 Å². The summed E-state index contributed by atoms with van der Waals surface area (Å²) in [5.41, 5.74) is 0.0698. The molecule has 0 fully saturated rings. The smallest absolute Gasteiger partial charge is 0.271 e. The Kier molecular flexibility index (Phi) is 4.54. The van der Waals surface area contributed by atoms with Gasteiger partial charge in [-0.3, -0.25) is 19.7 Å². The number of nitro benzene ring substituents is 1. The molecule has 0 atom stereocenters. The van der Waals surface area contributed by atoms with Crippen molar-refractivity contribution in [2.45, 2.75) is 0 Å². The van der Waals surface area contributed by atoms with Gasteiger partial charge < -0.3 is 0 Å². The van der Waals surface area contributed by atoms with Crippen molar-refractivity contribution in [3.63, 3.8) is 0 Å². The zero-order valence-electron chi connectivity index (χ0n) is 7.78. The Bertz CT molecular complexity index is 475. The van der Waals surface area contributed by atoms with Crippen molar-refractivity contribution in [1.82, 2.24) is 0 Å². The van der Waals surface area contributed by atoms with Gasteiger partial charge in [0.1, 0.15) is 0 Å². The molecule has 0 saturated heterocycles. The van der Waals surface area contributed by atoms with Crippen LogP contribution in [0.1, 0.15) is 20.7 Å². The molecule has 0 radical (unpaired) electrons. The van der Waals surface area contributed by atoms with Gasteiger partial charge in [-0.2, -0.15) is 0 Å². The molecular weight excluding hydrogens is 393 g/mol. The molecule has 5 nitrogen and oxygen atoms in total. The molecule has 0 N–H and O–H groups in total. The average Bonchev–Trinajstić information content (AvgIpc) is 2.26. The average molecular weight is 398 g/mol. The maximum absolute atomic E-state index is 11.5. The highest BCUT2D eigenvalue weighted by Gasteiger charge is 2.18. The Balaban J connectivity index is 3.48. The van der Waals surface area contributed by atoms with Crippen molar-refractivity contribution >= 4 is 56.3 Å². The molecule has 0 aliphatic rings. The molecule has 0 amide bonds. The van der Waals surface area contributed by atoms with Crippen LogP contribution in [0, 0.1) is 13.7 Å². The number of alkyl halides is 1. The van der Waals surface area contributed by atoms with Crippen molar-refractivity contribution in [2.75, 3.05) is 5.33 Å². The molecule has 0 heterocycles. The molecule has 16 heavy (non-hydrogen) atoms. The largest absolute Gasteiger partial charge is 0.298 e. The molecule has 0 aromatic heterocycles. The minimum Gasteiger partial charge on any atom is -0.298 e. The molecule has 0 bridgehead atoms. The van der Waals surface area contributed by atoms with Crippen molar-refractivity contribution < 1.29 is 14.5 Å². The first kappa shape index (κ1) is 13.2. The number of aldehydes is 1. The van der Waals surface area contributed by atoms with Crippen LogP contribution < -0.4 is 0 Å². The van der Waals surface area contributed by atoms with Gasteiger partial charge in [-0.15, -0.1) is 0 Å². The van der Waals surface area contributed by atoms with Crippen LogP contribution in [0.4, 0.5) is 5.69 Å². The maximum atomic E-state index is 11.5. The summed E-state index contributed by atoms with van der Waals surface area (Å²) in [7, 11) is 0. The van der Waals surface area contributed by atoms with E-state index in [2.05, 4.69) is 15.9 Å². The third-order valence-corrected chi connectivity index (χ3v) is 3.27. The lowest BCUT2D eigenvalue weighted by Crippen LogP contribution is -2.07. The third-order valence-electron chi connectivity index (χ3n) is 1.86. The number of hydrogen-bond donors (Lipinski definition) is 0. The first-order chi connectivity index (χ1) is 7.51. The van der Waals surface area contributed by atoms with Gasteiger partial charge in [0.15, 0.2) is 12.1 Å². The minimum atomic E-state index is -0.595. The second-order valence-corrected chi connectivity index (χ2v) is 4.54. The fraction of sp³-hybridized carbons (Fsp3) is 0.111. The molecule has 84 valence electrons. The van der Waals surface area contributed by atoms with Gasteiger partial charge in [0.05, 0.1) is 10.3 Å². The summed E-state index contributed by atoms with van der Waals surface area (Å²) in [5, 5.41) is 10.6. The van der Waals surface area contributed by atoms with E-state index in [-0.39, 0.29) is 27.9 Å². The van der Waals surface area contributed by atoms with Gasteiger partial charge in [0.25, 0.3) is 5.69 Å². The third kappa shape index (κ3) is 2.64. The van der Waals surface area contributed by atoms with E-state index < -0.39 is 4.92 Å². The summed E-state index contributed by atoms with van der Waals surface area (Å²) in [6.07, 6.45) is 0.529. The van der Waals surface area contributed by atoms with E-state index in [0.717, 1.165) is 6.07 Å². The van der Waals surface area contributed by atoms with E-state index >= 15 is 0 Å². The first-order valence-electron chi connectivity index (χ1n) is 4.03. The quantitative estimate of drug-likeness (QED) is 0.195. The first-order valence-corrected chi connectivity index (χ1v) is 6.23. The van der Waals surface area contributed by atoms with Gasteiger partial charge >= 0.3 is 0 Å². The van der Waals surface area contributed by atoms with Gasteiger partial charge in [-0.1, -0.05) is 15.9 Å². The highest BCUT2D eigenvalue weighted by Crippen LogP contribution is 2.23. The number of ketones is 1. The molecule has 0 aliphatic heterocycles. The van der Waals surface area contributed by atoms with E-state index in [4.69, 9.17) is 0 Å². The zero-order chi connectivity index (χ0) is 12.3. The number of hydrogen-bond acceptors (Lipinski definition) is 4. The molecule has 0 unspecified atom stereocenters. The van der Waals surface area contributed by atoms with Gasteiger partial charge in [0.2, 0.25) is 0 Å². The molecule has 7 heteroatoms.